The van der Waals surface area contributed by atoms with Gasteiger partial charge in [-0.15, -0.1) is 0 Å². The summed E-state index contributed by atoms with van der Waals surface area (Å²) in [6, 6.07) is 0.291. The molecule has 4 heteroatoms. The molecule has 1 heterocycles. The van der Waals surface area contributed by atoms with Crippen LogP contribution in [0.15, 0.2) is 10.3 Å². The molecule has 0 amide bonds. The summed E-state index contributed by atoms with van der Waals surface area (Å²) in [5.41, 5.74) is 0. The molecule has 10 heavy (non-hydrogen) atoms. The van der Waals surface area contributed by atoms with E-state index in [1.54, 1.807) is 11.9 Å². The minimum Gasteiger partial charge on any atom is -0.392 e. The second-order valence-electron chi connectivity index (χ2n) is 2.77. The Morgan fingerprint density at radius 1 is 1.80 bits per heavy atom. The third-order valence-electron chi connectivity index (χ3n) is 1.33. The van der Waals surface area contributed by atoms with Crippen LogP contribution in [0.25, 0.3) is 0 Å². The minimum atomic E-state index is -0.316. The highest BCUT2D eigenvalue weighted by molar-refractivity contribution is 4.69. The van der Waals surface area contributed by atoms with E-state index in [0.29, 0.717) is 12.6 Å². The molecule has 0 saturated carbocycles. The van der Waals surface area contributed by atoms with Crippen molar-refractivity contribution < 1.29 is 5.11 Å². The highest BCUT2D eigenvalue weighted by Gasteiger charge is 2.15. The number of aliphatic hydroxyl groups is 1. The van der Waals surface area contributed by atoms with Gasteiger partial charge in [0.1, 0.15) is 0 Å². The van der Waals surface area contributed by atoms with Crippen LogP contribution in [0.4, 0.5) is 0 Å². The first-order chi connectivity index (χ1) is 4.68. The molecule has 0 aliphatic carbocycles. The molecule has 0 bridgehead atoms. The van der Waals surface area contributed by atoms with Crippen molar-refractivity contribution in [2.45, 2.75) is 26.0 Å². The van der Waals surface area contributed by atoms with E-state index in [4.69, 9.17) is 5.11 Å². The quantitative estimate of drug-likeness (QED) is 0.609. The zero-order chi connectivity index (χ0) is 7.56. The van der Waals surface area contributed by atoms with Crippen LogP contribution < -0.4 is 0 Å². The maximum absolute atomic E-state index is 8.96. The number of β-amino-alcohol motifs (C(OH)–C–C–N with tert-alkyl or cyclic N) is 1. The Bertz CT molecular complexity index is 135. The van der Waals surface area contributed by atoms with Crippen LogP contribution in [0.3, 0.4) is 0 Å². The molecule has 58 valence electrons. The van der Waals surface area contributed by atoms with E-state index >= 15 is 0 Å². The Kier molecular flexibility index (Phi) is 2.21. The van der Waals surface area contributed by atoms with Crippen molar-refractivity contribution in [1.29, 1.82) is 0 Å². The maximum Gasteiger partial charge on any atom is 0.0893 e. The molecular formula is C6H13N3O. The van der Waals surface area contributed by atoms with Gasteiger partial charge in [0.25, 0.3) is 0 Å². The Morgan fingerprint density at radius 2 is 2.50 bits per heavy atom. The van der Waals surface area contributed by atoms with Crippen molar-refractivity contribution in [2.24, 2.45) is 10.3 Å². The fraction of sp³-hybridized carbons (Fsp3) is 1.00. The summed E-state index contributed by atoms with van der Waals surface area (Å²) < 4.78 is 0. The highest BCUT2D eigenvalue weighted by atomic mass is 16.3. The largest absolute Gasteiger partial charge is 0.392 e. The molecule has 0 spiro atoms. The van der Waals surface area contributed by atoms with Crippen LogP contribution >= 0.6 is 0 Å². The average molecular weight is 143 g/mol. The van der Waals surface area contributed by atoms with Crippen molar-refractivity contribution in [3.8, 4) is 0 Å². The van der Waals surface area contributed by atoms with Gasteiger partial charge in [0.15, 0.2) is 0 Å². The van der Waals surface area contributed by atoms with Gasteiger partial charge in [0.2, 0.25) is 0 Å². The summed E-state index contributed by atoms with van der Waals surface area (Å²) in [7, 11) is 0. The van der Waals surface area contributed by atoms with Gasteiger partial charge in [-0.2, -0.15) is 5.11 Å². The van der Waals surface area contributed by atoms with Crippen molar-refractivity contribution >= 4 is 0 Å². The van der Waals surface area contributed by atoms with Crippen LogP contribution in [0.2, 0.25) is 0 Å². The van der Waals surface area contributed by atoms with Gasteiger partial charge in [0, 0.05) is 0 Å². The van der Waals surface area contributed by atoms with Crippen molar-refractivity contribution in [2.75, 3.05) is 13.1 Å². The SMILES string of the molecule is C[C@@H]1CN(C[C@@H](C)O)N=N1. The van der Waals surface area contributed by atoms with E-state index in [1.807, 2.05) is 6.92 Å². The second-order valence-corrected chi connectivity index (χ2v) is 2.77. The van der Waals surface area contributed by atoms with Gasteiger partial charge in [-0.3, -0.25) is 5.01 Å². The summed E-state index contributed by atoms with van der Waals surface area (Å²) in [5.74, 6) is 0. The highest BCUT2D eigenvalue weighted by Crippen LogP contribution is 2.07. The van der Waals surface area contributed by atoms with E-state index < -0.39 is 0 Å². The summed E-state index contributed by atoms with van der Waals surface area (Å²) in [5, 5.41) is 18.5. The summed E-state index contributed by atoms with van der Waals surface area (Å²) >= 11 is 0. The predicted molar refractivity (Wildman–Crippen MR) is 37.6 cm³/mol. The van der Waals surface area contributed by atoms with E-state index in [9.17, 15) is 0 Å². The lowest BCUT2D eigenvalue weighted by Gasteiger charge is -2.13. The second kappa shape index (κ2) is 2.96. The molecule has 2 atom stereocenters. The van der Waals surface area contributed by atoms with Crippen molar-refractivity contribution in [1.82, 2.24) is 5.01 Å². The third kappa shape index (κ3) is 1.95. The smallest absolute Gasteiger partial charge is 0.0893 e. The number of rotatable bonds is 2. The van der Waals surface area contributed by atoms with Crippen LogP contribution in [-0.2, 0) is 0 Å². The Morgan fingerprint density at radius 3 is 2.90 bits per heavy atom. The molecule has 0 fully saturated rings. The first-order valence-electron chi connectivity index (χ1n) is 3.52. The third-order valence-corrected chi connectivity index (χ3v) is 1.33. The van der Waals surface area contributed by atoms with Crippen LogP contribution in [0.5, 0.6) is 0 Å². The van der Waals surface area contributed by atoms with Gasteiger partial charge >= 0.3 is 0 Å². The molecule has 0 aromatic rings. The van der Waals surface area contributed by atoms with Gasteiger partial charge in [-0.1, -0.05) is 5.22 Å². The number of aliphatic hydroxyl groups excluding tert-OH is 1. The van der Waals surface area contributed by atoms with Crippen molar-refractivity contribution in [3.63, 3.8) is 0 Å². The van der Waals surface area contributed by atoms with Crippen LogP contribution in [-0.4, -0.2) is 35.4 Å². The van der Waals surface area contributed by atoms with E-state index in [2.05, 4.69) is 10.3 Å². The molecule has 1 rings (SSSR count). The normalized spacial score (nSPS) is 27.5. The standard InChI is InChI=1S/C6H13N3O/c1-5-3-9(8-7-5)4-6(2)10/h5-6,10H,3-4H2,1-2H3/t5-,6-/m1/s1. The molecule has 0 aromatic heterocycles. The fourth-order valence-electron chi connectivity index (χ4n) is 0.955. The molecule has 0 unspecified atom stereocenters. The van der Waals surface area contributed by atoms with Gasteiger partial charge < -0.3 is 5.11 Å². The Labute approximate surface area is 60.5 Å². The molecular weight excluding hydrogens is 130 g/mol. The summed E-state index contributed by atoms with van der Waals surface area (Å²) in [4.78, 5) is 0. The number of hydrogen-bond acceptors (Lipinski definition) is 4. The summed E-state index contributed by atoms with van der Waals surface area (Å²) in [6.45, 7) is 5.18. The molecule has 4 nitrogen and oxygen atoms in total. The lowest BCUT2D eigenvalue weighted by atomic mass is 10.3. The van der Waals surface area contributed by atoms with Gasteiger partial charge in [-0.05, 0) is 13.8 Å². The zero-order valence-electron chi connectivity index (χ0n) is 6.36. The van der Waals surface area contributed by atoms with Crippen molar-refractivity contribution in [3.05, 3.63) is 0 Å². The average Bonchev–Trinajstić information content (AvgIpc) is 2.13. The monoisotopic (exact) mass is 143 g/mol. The first-order valence-corrected chi connectivity index (χ1v) is 3.52. The molecule has 1 aliphatic heterocycles. The summed E-state index contributed by atoms with van der Waals surface area (Å²) in [6.07, 6.45) is -0.316. The maximum atomic E-state index is 8.96. The lowest BCUT2D eigenvalue weighted by molar-refractivity contribution is 0.134. The molecule has 0 aromatic carbocycles. The molecule has 0 saturated heterocycles. The molecule has 0 radical (unpaired) electrons. The number of hydrogen-bond donors (Lipinski definition) is 1. The first kappa shape index (κ1) is 7.47. The number of nitrogens with zero attached hydrogens (tertiary/aromatic N) is 3. The van der Waals surface area contributed by atoms with Crippen LogP contribution in [0, 0.1) is 0 Å². The van der Waals surface area contributed by atoms with E-state index in [-0.39, 0.29) is 6.10 Å². The van der Waals surface area contributed by atoms with Crippen LogP contribution in [0.1, 0.15) is 13.8 Å². The predicted octanol–water partition coefficient (Wildman–Crippen LogP) is 0.438. The Balaban J connectivity index is 2.26. The van der Waals surface area contributed by atoms with E-state index in [1.165, 1.54) is 0 Å². The zero-order valence-corrected chi connectivity index (χ0v) is 6.36. The van der Waals surface area contributed by atoms with Gasteiger partial charge in [0.05, 0.1) is 25.2 Å². The molecule has 1 aliphatic rings. The fourth-order valence-corrected chi connectivity index (χ4v) is 0.955. The van der Waals surface area contributed by atoms with E-state index in [0.717, 1.165) is 6.54 Å². The lowest BCUT2D eigenvalue weighted by Crippen LogP contribution is -2.27. The van der Waals surface area contributed by atoms with Gasteiger partial charge in [-0.25, -0.2) is 0 Å². The minimum absolute atomic E-state index is 0.291. The topological polar surface area (TPSA) is 48.2 Å². The molecule has 1 N–H and O–H groups in total. The Hall–Kier alpha value is -0.640.